The van der Waals surface area contributed by atoms with E-state index in [0.717, 1.165) is 6.42 Å². The molecule has 1 aliphatic carbocycles. The predicted octanol–water partition coefficient (Wildman–Crippen LogP) is 4.09. The van der Waals surface area contributed by atoms with Gasteiger partial charge in [0.25, 0.3) is 0 Å². The summed E-state index contributed by atoms with van der Waals surface area (Å²) in [6, 6.07) is 3.47. The number of halogens is 2. The van der Waals surface area contributed by atoms with E-state index in [2.05, 4.69) is 19.2 Å². The van der Waals surface area contributed by atoms with Gasteiger partial charge in [-0.1, -0.05) is 20.3 Å². The molecule has 0 saturated heterocycles. The van der Waals surface area contributed by atoms with Crippen molar-refractivity contribution in [3.63, 3.8) is 0 Å². The fourth-order valence-electron chi connectivity index (χ4n) is 2.46. The minimum atomic E-state index is -0.451. The smallest absolute Gasteiger partial charge is 0.149 e. The van der Waals surface area contributed by atoms with E-state index >= 15 is 0 Å². The Morgan fingerprint density at radius 2 is 1.86 bits per heavy atom. The minimum Gasteiger partial charge on any atom is -0.367 e. The Hall–Kier alpha value is -1.16. The van der Waals surface area contributed by atoms with Crippen molar-refractivity contribution < 1.29 is 8.78 Å². The highest BCUT2D eigenvalue weighted by Crippen LogP contribution is 2.27. The molecule has 2 rings (SSSR count). The lowest BCUT2D eigenvalue weighted by Gasteiger charge is -2.27. The van der Waals surface area contributed by atoms with Gasteiger partial charge in [0, 0.05) is 25.7 Å². The zero-order chi connectivity index (χ0) is 15.4. The van der Waals surface area contributed by atoms with Crippen molar-refractivity contribution in [2.75, 3.05) is 18.0 Å². The molecular weight excluding hydrogens is 270 g/mol. The molecule has 1 atom stereocenters. The lowest BCUT2D eigenvalue weighted by atomic mass is 10.1. The topological polar surface area (TPSA) is 15.3 Å². The number of rotatable bonds is 8. The van der Waals surface area contributed by atoms with Crippen LogP contribution in [0.2, 0.25) is 0 Å². The molecule has 0 bridgehead atoms. The van der Waals surface area contributed by atoms with Gasteiger partial charge < -0.3 is 10.2 Å². The summed E-state index contributed by atoms with van der Waals surface area (Å²) >= 11 is 0. The molecule has 0 spiro atoms. The number of anilines is 1. The van der Waals surface area contributed by atoms with Crippen LogP contribution in [0.25, 0.3) is 0 Å². The van der Waals surface area contributed by atoms with E-state index in [1.54, 1.807) is 4.90 Å². The van der Waals surface area contributed by atoms with Crippen molar-refractivity contribution in [2.24, 2.45) is 5.92 Å². The quantitative estimate of drug-likeness (QED) is 0.777. The SMILES string of the molecule is CCC(C)CN(CC)c1c(F)cc(CNC2CC2)cc1F. The highest BCUT2D eigenvalue weighted by molar-refractivity contribution is 5.50. The first kappa shape index (κ1) is 16.2. The van der Waals surface area contributed by atoms with Gasteiger partial charge in [0.2, 0.25) is 0 Å². The molecule has 1 saturated carbocycles. The molecule has 21 heavy (non-hydrogen) atoms. The average molecular weight is 296 g/mol. The third-order valence-corrected chi connectivity index (χ3v) is 4.18. The van der Waals surface area contributed by atoms with Crippen LogP contribution in [0, 0.1) is 17.6 Å². The molecule has 0 amide bonds. The summed E-state index contributed by atoms with van der Waals surface area (Å²) in [7, 11) is 0. The van der Waals surface area contributed by atoms with Crippen LogP contribution in [-0.4, -0.2) is 19.1 Å². The molecule has 1 fully saturated rings. The normalized spacial score (nSPS) is 16.0. The second-order valence-electron chi connectivity index (χ2n) is 6.12. The molecule has 0 aliphatic heterocycles. The Kier molecular flexibility index (Phi) is 5.57. The van der Waals surface area contributed by atoms with E-state index in [0.29, 0.717) is 37.2 Å². The Labute approximate surface area is 126 Å². The minimum absolute atomic E-state index is 0.118. The maximum absolute atomic E-state index is 14.3. The summed E-state index contributed by atoms with van der Waals surface area (Å²) in [6.07, 6.45) is 3.34. The molecule has 0 radical (unpaired) electrons. The van der Waals surface area contributed by atoms with Crippen molar-refractivity contribution in [3.05, 3.63) is 29.3 Å². The molecule has 0 aromatic heterocycles. The van der Waals surface area contributed by atoms with Gasteiger partial charge in [0.05, 0.1) is 0 Å². The third kappa shape index (κ3) is 4.40. The lowest BCUT2D eigenvalue weighted by molar-refractivity contribution is 0.520. The van der Waals surface area contributed by atoms with Crippen LogP contribution in [0.1, 0.15) is 45.6 Å². The van der Waals surface area contributed by atoms with Gasteiger partial charge in [-0.15, -0.1) is 0 Å². The van der Waals surface area contributed by atoms with Crippen molar-refractivity contribution >= 4 is 5.69 Å². The monoisotopic (exact) mass is 296 g/mol. The van der Waals surface area contributed by atoms with Crippen molar-refractivity contribution in [1.82, 2.24) is 5.32 Å². The molecule has 4 heteroatoms. The van der Waals surface area contributed by atoms with Gasteiger partial charge >= 0.3 is 0 Å². The van der Waals surface area contributed by atoms with E-state index in [9.17, 15) is 8.78 Å². The van der Waals surface area contributed by atoms with E-state index in [1.165, 1.54) is 25.0 Å². The second-order valence-corrected chi connectivity index (χ2v) is 6.12. The van der Waals surface area contributed by atoms with Crippen LogP contribution in [0.15, 0.2) is 12.1 Å². The summed E-state index contributed by atoms with van der Waals surface area (Å²) in [5, 5.41) is 3.28. The van der Waals surface area contributed by atoms with Crippen LogP contribution in [0.4, 0.5) is 14.5 Å². The number of benzene rings is 1. The molecular formula is C17H26F2N2. The molecule has 0 heterocycles. The molecule has 1 aliphatic rings. The summed E-state index contributed by atoms with van der Waals surface area (Å²) in [5.41, 5.74) is 0.799. The zero-order valence-corrected chi connectivity index (χ0v) is 13.3. The molecule has 1 aromatic rings. The maximum Gasteiger partial charge on any atom is 0.149 e. The lowest BCUT2D eigenvalue weighted by Crippen LogP contribution is -2.30. The number of nitrogens with one attached hydrogen (secondary N) is 1. The summed E-state index contributed by atoms with van der Waals surface area (Å²) in [6.45, 7) is 7.96. The van der Waals surface area contributed by atoms with E-state index < -0.39 is 11.6 Å². The number of hydrogen-bond acceptors (Lipinski definition) is 2. The third-order valence-electron chi connectivity index (χ3n) is 4.18. The van der Waals surface area contributed by atoms with Crippen LogP contribution in [-0.2, 0) is 6.54 Å². The maximum atomic E-state index is 14.3. The van der Waals surface area contributed by atoms with E-state index in [-0.39, 0.29) is 5.69 Å². The van der Waals surface area contributed by atoms with Gasteiger partial charge in [-0.2, -0.15) is 0 Å². The summed E-state index contributed by atoms with van der Waals surface area (Å²) in [5.74, 6) is -0.486. The van der Waals surface area contributed by atoms with Gasteiger partial charge in [0.15, 0.2) is 0 Å². The molecule has 2 nitrogen and oxygen atoms in total. The van der Waals surface area contributed by atoms with Gasteiger partial charge in [-0.25, -0.2) is 8.78 Å². The highest BCUT2D eigenvalue weighted by atomic mass is 19.1. The Morgan fingerprint density at radius 1 is 1.24 bits per heavy atom. The first-order valence-electron chi connectivity index (χ1n) is 8.01. The second kappa shape index (κ2) is 7.21. The number of hydrogen-bond donors (Lipinski definition) is 1. The van der Waals surface area contributed by atoms with Crippen LogP contribution >= 0.6 is 0 Å². The van der Waals surface area contributed by atoms with Crippen LogP contribution < -0.4 is 10.2 Å². The largest absolute Gasteiger partial charge is 0.367 e. The first-order chi connectivity index (χ1) is 10.0. The Bertz CT molecular complexity index is 449. The van der Waals surface area contributed by atoms with Crippen molar-refractivity contribution in [2.45, 2.75) is 52.6 Å². The summed E-state index contributed by atoms with van der Waals surface area (Å²) in [4.78, 5) is 1.80. The van der Waals surface area contributed by atoms with Crippen molar-refractivity contribution in [1.29, 1.82) is 0 Å². The molecule has 1 aromatic carbocycles. The predicted molar refractivity (Wildman–Crippen MR) is 83.6 cm³/mol. The van der Waals surface area contributed by atoms with E-state index in [4.69, 9.17) is 0 Å². The van der Waals surface area contributed by atoms with Crippen LogP contribution in [0.5, 0.6) is 0 Å². The Morgan fingerprint density at radius 3 is 2.33 bits per heavy atom. The molecule has 118 valence electrons. The fourth-order valence-corrected chi connectivity index (χ4v) is 2.46. The highest BCUT2D eigenvalue weighted by Gasteiger charge is 2.22. The number of nitrogens with zero attached hydrogens (tertiary/aromatic N) is 1. The van der Waals surface area contributed by atoms with Crippen molar-refractivity contribution in [3.8, 4) is 0 Å². The first-order valence-corrected chi connectivity index (χ1v) is 8.01. The summed E-state index contributed by atoms with van der Waals surface area (Å²) < 4.78 is 28.7. The van der Waals surface area contributed by atoms with Gasteiger partial charge in [-0.05, 0) is 43.4 Å². The molecule has 1 N–H and O–H groups in total. The molecule has 1 unspecified atom stereocenters. The zero-order valence-electron chi connectivity index (χ0n) is 13.3. The van der Waals surface area contributed by atoms with Gasteiger partial charge in [0.1, 0.15) is 17.3 Å². The fraction of sp³-hybridized carbons (Fsp3) is 0.647. The van der Waals surface area contributed by atoms with E-state index in [1.807, 2.05) is 6.92 Å². The standard InChI is InChI=1S/C17H26F2N2/c1-4-12(3)11-21(5-2)17-15(18)8-13(9-16(17)19)10-20-14-6-7-14/h8-9,12,14,20H,4-7,10-11H2,1-3H3. The van der Waals surface area contributed by atoms with Crippen LogP contribution in [0.3, 0.4) is 0 Å². The average Bonchev–Trinajstić information content (AvgIpc) is 3.27. The van der Waals surface area contributed by atoms with Gasteiger partial charge in [-0.3, -0.25) is 0 Å². The Balaban J connectivity index is 2.13.